The normalized spacial score (nSPS) is 11.2. The summed E-state index contributed by atoms with van der Waals surface area (Å²) in [5.41, 5.74) is 2.56. The highest BCUT2D eigenvalue weighted by atomic mass is 19.3. The van der Waals surface area contributed by atoms with Crippen molar-refractivity contribution in [1.82, 2.24) is 9.78 Å². The Labute approximate surface area is 147 Å². The molecule has 3 aromatic rings. The van der Waals surface area contributed by atoms with Gasteiger partial charge in [0.2, 0.25) is 0 Å². The van der Waals surface area contributed by atoms with E-state index in [1.807, 2.05) is 30.3 Å². The zero-order valence-electron chi connectivity index (χ0n) is 13.4. The summed E-state index contributed by atoms with van der Waals surface area (Å²) >= 11 is 0. The number of hydrogen-bond acceptors (Lipinski definition) is 3. The summed E-state index contributed by atoms with van der Waals surface area (Å²) in [6.45, 7) is -2.90. The number of para-hydroxylation sites is 1. The van der Waals surface area contributed by atoms with Crippen molar-refractivity contribution >= 4 is 12.0 Å². The Balaban J connectivity index is 2.01. The highest BCUT2D eigenvalue weighted by molar-refractivity contribution is 5.87. The summed E-state index contributed by atoms with van der Waals surface area (Å²) in [4.78, 5) is 10.8. The molecule has 0 spiro atoms. The summed E-state index contributed by atoms with van der Waals surface area (Å²) in [6, 6.07) is 15.3. The molecule has 26 heavy (non-hydrogen) atoms. The molecule has 0 unspecified atom stereocenters. The van der Waals surface area contributed by atoms with Gasteiger partial charge in [0.25, 0.3) is 0 Å². The van der Waals surface area contributed by atoms with Crippen LogP contribution in [0.4, 0.5) is 8.78 Å². The molecule has 0 bridgehead atoms. The molecule has 1 N–H and O–H groups in total. The topological polar surface area (TPSA) is 64.3 Å². The molecule has 132 valence electrons. The number of carboxylic acid groups (broad SMARTS) is 1. The van der Waals surface area contributed by atoms with E-state index in [2.05, 4.69) is 9.84 Å². The first kappa shape index (κ1) is 17.3. The maximum atomic E-state index is 12.3. The average molecular weight is 356 g/mol. The number of aliphatic carboxylic acids is 1. The molecule has 0 fully saturated rings. The molecule has 2 aromatic carbocycles. The van der Waals surface area contributed by atoms with E-state index in [0.717, 1.165) is 11.8 Å². The van der Waals surface area contributed by atoms with Crippen LogP contribution < -0.4 is 4.74 Å². The van der Waals surface area contributed by atoms with Crippen LogP contribution in [0.2, 0.25) is 0 Å². The van der Waals surface area contributed by atoms with Crippen LogP contribution in [0.5, 0.6) is 5.75 Å². The molecule has 0 saturated carbocycles. The third kappa shape index (κ3) is 4.13. The number of halogens is 2. The smallest absolute Gasteiger partial charge is 0.387 e. The van der Waals surface area contributed by atoms with Gasteiger partial charge in [-0.1, -0.05) is 18.2 Å². The van der Waals surface area contributed by atoms with Gasteiger partial charge in [-0.05, 0) is 42.5 Å². The number of aromatic nitrogens is 2. The summed E-state index contributed by atoms with van der Waals surface area (Å²) < 4.78 is 30.5. The van der Waals surface area contributed by atoms with Crippen molar-refractivity contribution in [3.8, 4) is 22.7 Å². The molecule has 3 rings (SSSR count). The zero-order valence-corrected chi connectivity index (χ0v) is 13.4. The highest BCUT2D eigenvalue weighted by Gasteiger charge is 2.12. The number of benzene rings is 2. The molecular formula is C19H14F2N2O3. The third-order valence-electron chi connectivity index (χ3n) is 3.52. The minimum Gasteiger partial charge on any atom is -0.478 e. The van der Waals surface area contributed by atoms with Crippen LogP contribution in [-0.4, -0.2) is 27.5 Å². The lowest BCUT2D eigenvalue weighted by Crippen LogP contribution is -2.01. The van der Waals surface area contributed by atoms with E-state index in [1.165, 1.54) is 18.2 Å². The van der Waals surface area contributed by atoms with Crippen molar-refractivity contribution in [3.63, 3.8) is 0 Å². The Morgan fingerprint density at radius 2 is 1.81 bits per heavy atom. The zero-order chi connectivity index (χ0) is 18.5. The monoisotopic (exact) mass is 356 g/mol. The molecule has 0 aliphatic heterocycles. The molecule has 0 aliphatic carbocycles. The second-order valence-electron chi connectivity index (χ2n) is 5.29. The number of hydrogen-bond donors (Lipinski definition) is 1. The van der Waals surface area contributed by atoms with Gasteiger partial charge in [-0.15, -0.1) is 0 Å². The Kier molecular flexibility index (Phi) is 5.07. The van der Waals surface area contributed by atoms with E-state index >= 15 is 0 Å². The van der Waals surface area contributed by atoms with Crippen LogP contribution in [0.25, 0.3) is 23.0 Å². The van der Waals surface area contributed by atoms with Crippen molar-refractivity contribution in [3.05, 3.63) is 72.4 Å². The molecule has 5 nitrogen and oxygen atoms in total. The molecule has 1 heterocycles. The summed E-state index contributed by atoms with van der Waals surface area (Å²) in [5.74, 6) is -1.04. The molecule has 7 heteroatoms. The fraction of sp³-hybridized carbons (Fsp3) is 0.0526. The van der Waals surface area contributed by atoms with Crippen molar-refractivity contribution in [2.45, 2.75) is 6.61 Å². The van der Waals surface area contributed by atoms with Gasteiger partial charge in [-0.3, -0.25) is 0 Å². The van der Waals surface area contributed by atoms with E-state index in [-0.39, 0.29) is 5.75 Å². The predicted molar refractivity (Wildman–Crippen MR) is 92.3 cm³/mol. The maximum absolute atomic E-state index is 12.3. The van der Waals surface area contributed by atoms with Crippen molar-refractivity contribution in [1.29, 1.82) is 0 Å². The molecule has 0 aliphatic rings. The largest absolute Gasteiger partial charge is 0.478 e. The Morgan fingerprint density at radius 3 is 2.42 bits per heavy atom. The van der Waals surface area contributed by atoms with E-state index in [9.17, 15) is 13.6 Å². The van der Waals surface area contributed by atoms with Crippen LogP contribution in [0.1, 0.15) is 5.56 Å². The fourth-order valence-corrected chi connectivity index (χ4v) is 2.40. The van der Waals surface area contributed by atoms with Gasteiger partial charge in [-0.2, -0.15) is 13.9 Å². The number of nitrogens with zero attached hydrogens (tertiary/aromatic N) is 2. The van der Waals surface area contributed by atoms with Crippen LogP contribution in [0.15, 0.2) is 66.9 Å². The predicted octanol–water partition coefficient (Wildman–Crippen LogP) is 4.24. The van der Waals surface area contributed by atoms with Crippen LogP contribution in [0.3, 0.4) is 0 Å². The fourth-order valence-electron chi connectivity index (χ4n) is 2.40. The minimum absolute atomic E-state index is 0.0360. The summed E-state index contributed by atoms with van der Waals surface area (Å²) in [7, 11) is 0. The van der Waals surface area contributed by atoms with Crippen LogP contribution in [0, 0.1) is 0 Å². The Hall–Kier alpha value is -3.48. The van der Waals surface area contributed by atoms with Crippen LogP contribution in [-0.2, 0) is 4.79 Å². The second kappa shape index (κ2) is 7.60. The minimum atomic E-state index is -2.90. The summed E-state index contributed by atoms with van der Waals surface area (Å²) in [6.07, 6.45) is 4.16. The first-order valence-electron chi connectivity index (χ1n) is 7.64. The Bertz CT molecular complexity index is 920. The first-order chi connectivity index (χ1) is 12.5. The lowest BCUT2D eigenvalue weighted by atomic mass is 10.1. The van der Waals surface area contributed by atoms with E-state index < -0.39 is 12.6 Å². The lowest BCUT2D eigenvalue weighted by molar-refractivity contribution is -0.131. The van der Waals surface area contributed by atoms with Gasteiger partial charge < -0.3 is 9.84 Å². The van der Waals surface area contributed by atoms with Gasteiger partial charge in [-0.25, -0.2) is 9.48 Å². The number of ether oxygens (including phenoxy) is 1. The molecule has 1 aromatic heterocycles. The molecule has 0 amide bonds. The number of carbonyl (C=O) groups is 1. The standard InChI is InChI=1S/C19H14F2N2O3/c20-19(21)26-16-9-6-13(7-10-16)18-14(8-11-17(24)25)12-23(22-18)15-4-2-1-3-5-15/h1-12,19H,(H,24,25). The van der Waals surface area contributed by atoms with Crippen molar-refractivity contribution in [2.75, 3.05) is 0 Å². The number of carboxylic acids is 1. The summed E-state index contributed by atoms with van der Waals surface area (Å²) in [5, 5.41) is 13.4. The number of rotatable bonds is 6. The molecule has 0 atom stereocenters. The molecule has 0 saturated heterocycles. The van der Waals surface area contributed by atoms with E-state index in [4.69, 9.17) is 5.11 Å². The number of alkyl halides is 2. The highest BCUT2D eigenvalue weighted by Crippen LogP contribution is 2.27. The van der Waals surface area contributed by atoms with E-state index in [1.54, 1.807) is 23.0 Å². The van der Waals surface area contributed by atoms with Gasteiger partial charge in [0.15, 0.2) is 0 Å². The third-order valence-corrected chi connectivity index (χ3v) is 3.52. The first-order valence-corrected chi connectivity index (χ1v) is 7.64. The van der Waals surface area contributed by atoms with Gasteiger partial charge >= 0.3 is 12.6 Å². The van der Waals surface area contributed by atoms with Crippen LogP contribution >= 0.6 is 0 Å². The maximum Gasteiger partial charge on any atom is 0.387 e. The van der Waals surface area contributed by atoms with Crippen molar-refractivity contribution in [2.24, 2.45) is 0 Å². The second-order valence-corrected chi connectivity index (χ2v) is 5.29. The van der Waals surface area contributed by atoms with E-state index in [0.29, 0.717) is 16.8 Å². The average Bonchev–Trinajstić information content (AvgIpc) is 3.05. The van der Waals surface area contributed by atoms with Gasteiger partial charge in [0.1, 0.15) is 5.75 Å². The SMILES string of the molecule is O=C(O)C=Cc1cn(-c2ccccc2)nc1-c1ccc(OC(F)F)cc1. The van der Waals surface area contributed by atoms with Gasteiger partial charge in [0, 0.05) is 23.4 Å². The quantitative estimate of drug-likeness (QED) is 0.671. The molecule has 0 radical (unpaired) electrons. The van der Waals surface area contributed by atoms with Gasteiger partial charge in [0.05, 0.1) is 11.4 Å². The lowest BCUT2D eigenvalue weighted by Gasteiger charge is -2.05. The molecular weight excluding hydrogens is 342 g/mol. The van der Waals surface area contributed by atoms with Crippen molar-refractivity contribution < 1.29 is 23.4 Å². The Morgan fingerprint density at radius 1 is 1.12 bits per heavy atom.